The summed E-state index contributed by atoms with van der Waals surface area (Å²) in [5, 5.41) is 6.78. The monoisotopic (exact) mass is 381 g/mol. The van der Waals surface area contributed by atoms with Crippen molar-refractivity contribution in [3.8, 4) is 0 Å². The second-order valence-corrected chi connectivity index (χ2v) is 7.47. The number of benzene rings is 2. The van der Waals surface area contributed by atoms with Gasteiger partial charge in [0, 0.05) is 31.5 Å². The Balaban J connectivity index is 1.48. The van der Waals surface area contributed by atoms with E-state index in [0.717, 1.165) is 32.9 Å². The molecular formula is C21H23N3O2S. The predicted octanol–water partition coefficient (Wildman–Crippen LogP) is 4.28. The summed E-state index contributed by atoms with van der Waals surface area (Å²) < 4.78 is 1.15. The van der Waals surface area contributed by atoms with Crippen LogP contribution in [0.25, 0.3) is 10.2 Å². The molecule has 0 atom stereocenters. The third kappa shape index (κ3) is 5.62. The number of aryl methyl sites for hydroxylation is 1. The van der Waals surface area contributed by atoms with E-state index >= 15 is 0 Å². The molecule has 2 amide bonds. The molecule has 2 N–H and O–H groups in total. The first-order valence-corrected chi connectivity index (χ1v) is 9.95. The van der Waals surface area contributed by atoms with Gasteiger partial charge in [-0.15, -0.1) is 11.3 Å². The number of para-hydroxylation sites is 1. The van der Waals surface area contributed by atoms with Crippen molar-refractivity contribution < 1.29 is 9.59 Å². The van der Waals surface area contributed by atoms with Crippen LogP contribution < -0.4 is 10.6 Å². The fourth-order valence-corrected chi connectivity index (χ4v) is 3.71. The standard InChI is InChI=1S/C21H23N3O2S/c1-2-6-20(26)23-16-8-5-7-15(13-16)14-22-19(25)11-12-21-24-17-9-3-4-10-18(17)27-21/h3-5,7-10,13H,2,6,11-12,14H2,1H3,(H,22,25)(H,23,26). The Labute approximate surface area is 162 Å². The number of carbonyl (C=O) groups is 2. The number of carbonyl (C=O) groups excluding carboxylic acids is 2. The summed E-state index contributed by atoms with van der Waals surface area (Å²) in [6.45, 7) is 2.41. The number of amides is 2. The lowest BCUT2D eigenvalue weighted by Gasteiger charge is -2.08. The number of hydrogen-bond donors (Lipinski definition) is 2. The average molecular weight is 382 g/mol. The van der Waals surface area contributed by atoms with Crippen LogP contribution in [0.2, 0.25) is 0 Å². The average Bonchev–Trinajstić information content (AvgIpc) is 3.08. The van der Waals surface area contributed by atoms with Gasteiger partial charge in [0.25, 0.3) is 0 Å². The molecule has 0 unspecified atom stereocenters. The highest BCUT2D eigenvalue weighted by Gasteiger charge is 2.07. The predicted molar refractivity (Wildman–Crippen MR) is 110 cm³/mol. The maximum atomic E-state index is 12.1. The zero-order valence-electron chi connectivity index (χ0n) is 15.3. The summed E-state index contributed by atoms with van der Waals surface area (Å²) in [5.74, 6) is 0.00389. The van der Waals surface area contributed by atoms with Gasteiger partial charge in [0.15, 0.2) is 0 Å². The highest BCUT2D eigenvalue weighted by molar-refractivity contribution is 7.18. The first kappa shape index (κ1) is 19.0. The molecule has 0 fully saturated rings. The molecule has 3 aromatic rings. The summed E-state index contributed by atoms with van der Waals surface area (Å²) in [6, 6.07) is 15.6. The van der Waals surface area contributed by atoms with E-state index in [-0.39, 0.29) is 11.8 Å². The molecule has 0 aliphatic rings. The van der Waals surface area contributed by atoms with E-state index in [1.54, 1.807) is 11.3 Å². The minimum Gasteiger partial charge on any atom is -0.352 e. The number of hydrogen-bond acceptors (Lipinski definition) is 4. The van der Waals surface area contributed by atoms with Gasteiger partial charge in [0.2, 0.25) is 11.8 Å². The molecule has 1 heterocycles. The molecule has 0 radical (unpaired) electrons. The van der Waals surface area contributed by atoms with E-state index < -0.39 is 0 Å². The molecule has 0 saturated carbocycles. The first-order valence-electron chi connectivity index (χ1n) is 9.14. The van der Waals surface area contributed by atoms with Crippen LogP contribution >= 0.6 is 11.3 Å². The second-order valence-electron chi connectivity index (χ2n) is 6.35. The lowest BCUT2D eigenvalue weighted by molar-refractivity contribution is -0.121. The normalized spacial score (nSPS) is 10.7. The van der Waals surface area contributed by atoms with Gasteiger partial charge in [-0.2, -0.15) is 0 Å². The summed E-state index contributed by atoms with van der Waals surface area (Å²) in [7, 11) is 0. The molecule has 140 valence electrons. The zero-order valence-corrected chi connectivity index (χ0v) is 16.1. The fraction of sp³-hybridized carbons (Fsp3) is 0.286. The van der Waals surface area contributed by atoms with Gasteiger partial charge in [-0.05, 0) is 36.2 Å². The number of rotatable bonds is 8. The Bertz CT molecular complexity index is 903. The van der Waals surface area contributed by atoms with Crippen molar-refractivity contribution in [2.45, 2.75) is 39.2 Å². The lowest BCUT2D eigenvalue weighted by Crippen LogP contribution is -2.23. The Morgan fingerprint density at radius 3 is 2.70 bits per heavy atom. The summed E-state index contributed by atoms with van der Waals surface area (Å²) in [4.78, 5) is 28.4. The third-order valence-electron chi connectivity index (χ3n) is 4.08. The van der Waals surface area contributed by atoms with Crippen molar-refractivity contribution in [3.05, 3.63) is 59.1 Å². The van der Waals surface area contributed by atoms with E-state index in [0.29, 0.717) is 25.8 Å². The molecule has 3 rings (SSSR count). The lowest BCUT2D eigenvalue weighted by atomic mass is 10.2. The summed E-state index contributed by atoms with van der Waals surface area (Å²) in [6.07, 6.45) is 2.37. The van der Waals surface area contributed by atoms with E-state index in [1.165, 1.54) is 0 Å². The van der Waals surface area contributed by atoms with Crippen LogP contribution in [0.3, 0.4) is 0 Å². The largest absolute Gasteiger partial charge is 0.352 e. The quantitative estimate of drug-likeness (QED) is 0.612. The van der Waals surface area contributed by atoms with E-state index in [2.05, 4.69) is 15.6 Å². The molecule has 0 saturated heterocycles. The van der Waals surface area contributed by atoms with Crippen molar-refractivity contribution >= 4 is 39.1 Å². The Kier molecular flexibility index (Phi) is 6.54. The topological polar surface area (TPSA) is 71.1 Å². The molecule has 0 aliphatic carbocycles. The van der Waals surface area contributed by atoms with Crippen LogP contribution in [0.5, 0.6) is 0 Å². The maximum Gasteiger partial charge on any atom is 0.224 e. The van der Waals surface area contributed by atoms with Crippen LogP contribution in [0.1, 0.15) is 36.8 Å². The van der Waals surface area contributed by atoms with E-state index in [9.17, 15) is 9.59 Å². The molecular weight excluding hydrogens is 358 g/mol. The zero-order chi connectivity index (χ0) is 19.1. The van der Waals surface area contributed by atoms with Crippen molar-refractivity contribution in [2.75, 3.05) is 5.32 Å². The molecule has 0 spiro atoms. The highest BCUT2D eigenvalue weighted by Crippen LogP contribution is 2.22. The van der Waals surface area contributed by atoms with Crippen molar-refractivity contribution in [1.29, 1.82) is 0 Å². The molecule has 0 bridgehead atoms. The van der Waals surface area contributed by atoms with Crippen LogP contribution in [0.15, 0.2) is 48.5 Å². The SMILES string of the molecule is CCCC(=O)Nc1cccc(CNC(=O)CCc2nc3ccccc3s2)c1. The molecule has 1 aromatic heterocycles. The minimum atomic E-state index is -0.00493. The highest BCUT2D eigenvalue weighted by atomic mass is 32.1. The number of anilines is 1. The summed E-state index contributed by atoms with van der Waals surface area (Å²) >= 11 is 1.63. The number of fused-ring (bicyclic) bond motifs is 1. The molecule has 5 nitrogen and oxygen atoms in total. The second kappa shape index (κ2) is 9.28. The minimum absolute atomic E-state index is 0.00493. The molecule has 6 heteroatoms. The van der Waals surface area contributed by atoms with Crippen LogP contribution in [0.4, 0.5) is 5.69 Å². The van der Waals surface area contributed by atoms with Gasteiger partial charge >= 0.3 is 0 Å². The number of nitrogens with zero attached hydrogens (tertiary/aromatic N) is 1. The molecule has 0 aliphatic heterocycles. The van der Waals surface area contributed by atoms with Gasteiger partial charge < -0.3 is 10.6 Å². The van der Waals surface area contributed by atoms with Crippen LogP contribution in [-0.2, 0) is 22.6 Å². The third-order valence-corrected chi connectivity index (χ3v) is 5.18. The van der Waals surface area contributed by atoms with E-state index in [4.69, 9.17) is 0 Å². The van der Waals surface area contributed by atoms with Crippen molar-refractivity contribution in [2.24, 2.45) is 0 Å². The van der Waals surface area contributed by atoms with Gasteiger partial charge in [0.1, 0.15) is 0 Å². The number of nitrogens with one attached hydrogen (secondary N) is 2. The Morgan fingerprint density at radius 1 is 1.04 bits per heavy atom. The maximum absolute atomic E-state index is 12.1. The fourth-order valence-electron chi connectivity index (χ4n) is 2.75. The van der Waals surface area contributed by atoms with Crippen LogP contribution in [-0.4, -0.2) is 16.8 Å². The molecule has 27 heavy (non-hydrogen) atoms. The van der Waals surface area contributed by atoms with Crippen molar-refractivity contribution in [1.82, 2.24) is 10.3 Å². The van der Waals surface area contributed by atoms with Crippen molar-refractivity contribution in [3.63, 3.8) is 0 Å². The Hall–Kier alpha value is -2.73. The van der Waals surface area contributed by atoms with Gasteiger partial charge in [-0.3, -0.25) is 9.59 Å². The van der Waals surface area contributed by atoms with Gasteiger partial charge in [0.05, 0.1) is 15.2 Å². The smallest absolute Gasteiger partial charge is 0.224 e. The Morgan fingerprint density at radius 2 is 1.89 bits per heavy atom. The van der Waals surface area contributed by atoms with E-state index in [1.807, 2.05) is 55.5 Å². The van der Waals surface area contributed by atoms with Crippen LogP contribution in [0, 0.1) is 0 Å². The first-order chi connectivity index (χ1) is 13.1. The number of aromatic nitrogens is 1. The van der Waals surface area contributed by atoms with Gasteiger partial charge in [-0.25, -0.2) is 4.98 Å². The van der Waals surface area contributed by atoms with Gasteiger partial charge in [-0.1, -0.05) is 31.2 Å². The molecule has 2 aromatic carbocycles. The summed E-state index contributed by atoms with van der Waals surface area (Å²) in [5.41, 5.74) is 2.70. The number of thiazole rings is 1.